The summed E-state index contributed by atoms with van der Waals surface area (Å²) in [6.45, 7) is 0.587. The molecule has 1 N–H and O–H groups in total. The van der Waals surface area contributed by atoms with Crippen LogP contribution in [-0.4, -0.2) is 18.3 Å². The van der Waals surface area contributed by atoms with Gasteiger partial charge >= 0.3 is 0 Å². The Labute approximate surface area is 98.8 Å². The zero-order valence-electron chi connectivity index (χ0n) is 8.80. The maximum atomic E-state index is 12.8. The van der Waals surface area contributed by atoms with Crippen molar-refractivity contribution in [1.29, 1.82) is 0 Å². The minimum Gasteiger partial charge on any atom is -0.354 e. The first-order chi connectivity index (χ1) is 7.66. The Hall–Kier alpha value is -1.09. The summed E-state index contributed by atoms with van der Waals surface area (Å²) in [4.78, 5) is 11.1. The summed E-state index contributed by atoms with van der Waals surface area (Å²) in [6.07, 6.45) is 2.06. The summed E-state index contributed by atoms with van der Waals surface area (Å²) in [5, 5.41) is 2.78. The van der Waals surface area contributed by atoms with Gasteiger partial charge in [-0.25, -0.2) is 4.39 Å². The van der Waals surface area contributed by atoms with Gasteiger partial charge in [0.25, 0.3) is 0 Å². The molecule has 0 saturated heterocycles. The third-order valence-electron chi connectivity index (χ3n) is 3.06. The highest BCUT2D eigenvalue weighted by molar-refractivity contribution is 6.27. The Kier molecular flexibility index (Phi) is 3.15. The van der Waals surface area contributed by atoms with Crippen molar-refractivity contribution in [1.82, 2.24) is 5.32 Å². The zero-order valence-corrected chi connectivity index (χ0v) is 9.56. The minimum atomic E-state index is -0.232. The van der Waals surface area contributed by atoms with Crippen LogP contribution >= 0.6 is 11.6 Å². The number of nitrogens with one attached hydrogen (secondary N) is 1. The lowest BCUT2D eigenvalue weighted by Crippen LogP contribution is -2.32. The van der Waals surface area contributed by atoms with Gasteiger partial charge in [0.1, 0.15) is 11.7 Å². The van der Waals surface area contributed by atoms with Crippen molar-refractivity contribution in [3.05, 3.63) is 35.6 Å². The van der Waals surface area contributed by atoms with Gasteiger partial charge in [-0.15, -0.1) is 11.6 Å². The van der Waals surface area contributed by atoms with Crippen molar-refractivity contribution >= 4 is 17.5 Å². The first kappa shape index (κ1) is 11.4. The van der Waals surface area contributed by atoms with Gasteiger partial charge in [0, 0.05) is 12.0 Å². The number of hydrogen-bond donors (Lipinski definition) is 1. The van der Waals surface area contributed by atoms with Gasteiger partial charge in [-0.05, 0) is 30.5 Å². The van der Waals surface area contributed by atoms with Gasteiger partial charge in [-0.1, -0.05) is 12.1 Å². The Morgan fingerprint density at radius 3 is 2.50 bits per heavy atom. The highest BCUT2D eigenvalue weighted by Crippen LogP contribution is 2.47. The van der Waals surface area contributed by atoms with E-state index < -0.39 is 0 Å². The van der Waals surface area contributed by atoms with Crippen LogP contribution in [0, 0.1) is 5.82 Å². The fourth-order valence-corrected chi connectivity index (χ4v) is 1.93. The number of amides is 1. The van der Waals surface area contributed by atoms with E-state index in [-0.39, 0.29) is 23.0 Å². The second kappa shape index (κ2) is 4.42. The average Bonchev–Trinajstić information content (AvgIpc) is 3.08. The summed E-state index contributed by atoms with van der Waals surface area (Å²) < 4.78 is 12.8. The largest absolute Gasteiger partial charge is 0.354 e. The Bertz CT molecular complexity index is 387. The van der Waals surface area contributed by atoms with Crippen molar-refractivity contribution < 1.29 is 9.18 Å². The third-order valence-corrected chi connectivity index (χ3v) is 3.30. The van der Waals surface area contributed by atoms with E-state index in [0.717, 1.165) is 18.4 Å². The normalized spacial score (nSPS) is 16.9. The molecule has 2 rings (SSSR count). The second-order valence-corrected chi connectivity index (χ2v) is 4.46. The predicted molar refractivity (Wildman–Crippen MR) is 61.0 cm³/mol. The number of carbonyl (C=O) groups excluding carboxylic acids is 1. The Morgan fingerprint density at radius 2 is 2.00 bits per heavy atom. The summed E-state index contributed by atoms with van der Waals surface area (Å²) >= 11 is 5.41. The summed E-state index contributed by atoms with van der Waals surface area (Å²) in [7, 11) is 0. The number of rotatable bonds is 4. The quantitative estimate of drug-likeness (QED) is 0.805. The van der Waals surface area contributed by atoms with Crippen LogP contribution < -0.4 is 5.32 Å². The monoisotopic (exact) mass is 241 g/mol. The molecule has 0 atom stereocenters. The van der Waals surface area contributed by atoms with Gasteiger partial charge in [0.15, 0.2) is 0 Å². The van der Waals surface area contributed by atoms with Crippen molar-refractivity contribution in [3.63, 3.8) is 0 Å². The van der Waals surface area contributed by atoms with E-state index in [0.29, 0.717) is 6.54 Å². The molecule has 1 saturated carbocycles. The molecule has 0 aliphatic heterocycles. The lowest BCUT2D eigenvalue weighted by molar-refractivity contribution is -0.118. The van der Waals surface area contributed by atoms with E-state index in [4.69, 9.17) is 11.6 Å². The zero-order chi connectivity index (χ0) is 11.6. The Balaban J connectivity index is 2.02. The highest BCUT2D eigenvalue weighted by atomic mass is 35.5. The molecule has 16 heavy (non-hydrogen) atoms. The van der Waals surface area contributed by atoms with Crippen molar-refractivity contribution in [2.75, 3.05) is 12.4 Å². The van der Waals surface area contributed by atoms with Crippen LogP contribution in [0.4, 0.5) is 4.39 Å². The van der Waals surface area contributed by atoms with E-state index in [1.807, 2.05) is 0 Å². The summed E-state index contributed by atoms with van der Waals surface area (Å²) in [5.74, 6) is -0.404. The van der Waals surface area contributed by atoms with Crippen LogP contribution in [0.1, 0.15) is 18.4 Å². The lowest BCUT2D eigenvalue weighted by atomic mass is 9.96. The van der Waals surface area contributed by atoms with Gasteiger partial charge in [0.05, 0.1) is 0 Å². The topological polar surface area (TPSA) is 29.1 Å². The fraction of sp³-hybridized carbons (Fsp3) is 0.417. The molecule has 1 amide bonds. The standard InChI is InChI=1S/C12H13ClFNO/c13-7-11(16)15-8-12(5-6-12)9-1-3-10(14)4-2-9/h1-4H,5-8H2,(H,15,16). The predicted octanol–water partition coefficient (Wildman–Crippen LogP) is 2.21. The average molecular weight is 242 g/mol. The van der Waals surface area contributed by atoms with E-state index in [9.17, 15) is 9.18 Å². The van der Waals surface area contributed by atoms with Crippen LogP contribution in [0.15, 0.2) is 24.3 Å². The molecule has 86 valence electrons. The highest BCUT2D eigenvalue weighted by Gasteiger charge is 2.44. The minimum absolute atomic E-state index is 0.00934. The van der Waals surface area contributed by atoms with Gasteiger partial charge < -0.3 is 5.32 Å². The molecular formula is C12H13ClFNO. The van der Waals surface area contributed by atoms with Gasteiger partial charge in [-0.3, -0.25) is 4.79 Å². The maximum Gasteiger partial charge on any atom is 0.234 e. The van der Waals surface area contributed by atoms with E-state index in [1.165, 1.54) is 12.1 Å². The van der Waals surface area contributed by atoms with Crippen LogP contribution in [0.2, 0.25) is 0 Å². The molecule has 1 fully saturated rings. The molecule has 1 aromatic rings. The number of alkyl halides is 1. The molecule has 0 bridgehead atoms. The molecule has 1 aliphatic rings. The first-order valence-electron chi connectivity index (χ1n) is 5.25. The molecule has 1 aromatic carbocycles. The number of hydrogen-bond acceptors (Lipinski definition) is 1. The first-order valence-corrected chi connectivity index (χ1v) is 5.78. The summed E-state index contributed by atoms with van der Waals surface area (Å²) in [5.41, 5.74) is 1.10. The number of carbonyl (C=O) groups is 1. The molecular weight excluding hydrogens is 229 g/mol. The molecule has 0 spiro atoms. The van der Waals surface area contributed by atoms with Crippen molar-refractivity contribution in [2.45, 2.75) is 18.3 Å². The molecule has 1 aliphatic carbocycles. The van der Waals surface area contributed by atoms with Gasteiger partial charge in [0.2, 0.25) is 5.91 Å². The second-order valence-electron chi connectivity index (χ2n) is 4.20. The van der Waals surface area contributed by atoms with Crippen LogP contribution in [0.5, 0.6) is 0 Å². The molecule has 0 radical (unpaired) electrons. The van der Waals surface area contributed by atoms with Crippen LogP contribution in [0.3, 0.4) is 0 Å². The van der Waals surface area contributed by atoms with E-state index in [1.54, 1.807) is 12.1 Å². The fourth-order valence-electron chi connectivity index (χ4n) is 1.84. The summed E-state index contributed by atoms with van der Waals surface area (Å²) in [6, 6.07) is 6.49. The molecule has 2 nitrogen and oxygen atoms in total. The smallest absolute Gasteiger partial charge is 0.234 e. The Morgan fingerprint density at radius 1 is 1.38 bits per heavy atom. The van der Waals surface area contributed by atoms with Crippen LogP contribution in [-0.2, 0) is 10.2 Å². The van der Waals surface area contributed by atoms with Crippen LogP contribution in [0.25, 0.3) is 0 Å². The molecule has 4 heteroatoms. The van der Waals surface area contributed by atoms with E-state index in [2.05, 4.69) is 5.32 Å². The van der Waals surface area contributed by atoms with Gasteiger partial charge in [-0.2, -0.15) is 0 Å². The van der Waals surface area contributed by atoms with Crippen molar-refractivity contribution in [3.8, 4) is 0 Å². The third kappa shape index (κ3) is 2.35. The maximum absolute atomic E-state index is 12.8. The number of halogens is 2. The molecule has 0 unspecified atom stereocenters. The SMILES string of the molecule is O=C(CCl)NCC1(c2ccc(F)cc2)CC1. The lowest BCUT2D eigenvalue weighted by Gasteiger charge is -2.16. The molecule has 0 heterocycles. The van der Waals surface area contributed by atoms with Crippen molar-refractivity contribution in [2.24, 2.45) is 0 Å². The molecule has 0 aromatic heterocycles. The number of benzene rings is 1. The van der Waals surface area contributed by atoms with E-state index >= 15 is 0 Å².